The van der Waals surface area contributed by atoms with Crippen LogP contribution in [0.3, 0.4) is 0 Å². The molecule has 4 N–H and O–H groups in total. The number of rotatable bonds is 14. The number of carbonyl (C=O) groups is 2. The van der Waals surface area contributed by atoms with Gasteiger partial charge in [-0.2, -0.15) is 0 Å². The second-order valence-corrected chi connectivity index (χ2v) is 11.6. The van der Waals surface area contributed by atoms with Crippen molar-refractivity contribution in [1.82, 2.24) is 9.62 Å². The fourth-order valence-electron chi connectivity index (χ4n) is 4.13. The van der Waals surface area contributed by atoms with E-state index < -0.39 is 28.1 Å². The van der Waals surface area contributed by atoms with Crippen molar-refractivity contribution < 1.29 is 38.1 Å². The Kier molecular flexibility index (Phi) is 11.3. The number of aliphatic hydroxyl groups excluding tert-OH is 2. The van der Waals surface area contributed by atoms with Gasteiger partial charge < -0.3 is 25.0 Å². The van der Waals surface area contributed by atoms with E-state index >= 15 is 0 Å². The molecule has 1 atom stereocenters. The first-order valence-electron chi connectivity index (χ1n) is 13.3. The van der Waals surface area contributed by atoms with Crippen LogP contribution in [0.4, 0.5) is 4.79 Å². The fourth-order valence-corrected chi connectivity index (χ4v) is 5.13. The van der Waals surface area contributed by atoms with E-state index in [4.69, 9.17) is 9.84 Å². The van der Waals surface area contributed by atoms with Gasteiger partial charge in [-0.15, -0.1) is 0 Å². The minimum absolute atomic E-state index is 0.0108. The van der Waals surface area contributed by atoms with E-state index in [1.807, 2.05) is 35.1 Å². The van der Waals surface area contributed by atoms with Crippen molar-refractivity contribution in [1.29, 1.82) is 0 Å². The number of ether oxygens (including phenoxy) is 1. The van der Waals surface area contributed by atoms with Gasteiger partial charge in [-0.05, 0) is 61.1 Å². The summed E-state index contributed by atoms with van der Waals surface area (Å²) < 4.78 is 32.1. The van der Waals surface area contributed by atoms with Gasteiger partial charge in [-0.1, -0.05) is 60.7 Å². The Balaban J connectivity index is 1.71. The summed E-state index contributed by atoms with van der Waals surface area (Å²) in [6, 6.07) is 21.3. The minimum atomic E-state index is -3.91. The van der Waals surface area contributed by atoms with Gasteiger partial charge in [0, 0.05) is 13.2 Å². The molecule has 0 spiro atoms. The lowest BCUT2D eigenvalue weighted by atomic mass is 10.0. The van der Waals surface area contributed by atoms with Gasteiger partial charge in [-0.25, -0.2) is 17.9 Å². The van der Waals surface area contributed by atoms with Crippen molar-refractivity contribution in [2.45, 2.75) is 38.9 Å². The van der Waals surface area contributed by atoms with Crippen LogP contribution in [0.25, 0.3) is 11.1 Å². The Morgan fingerprint density at radius 3 is 2.24 bits per heavy atom. The summed E-state index contributed by atoms with van der Waals surface area (Å²) in [7, 11) is -3.91. The maximum absolute atomic E-state index is 12.7. The molecule has 11 heteroatoms. The summed E-state index contributed by atoms with van der Waals surface area (Å²) in [4.78, 5) is 25.7. The number of carboxylic acid groups (broad SMARTS) is 1. The maximum Gasteiger partial charge on any atom is 0.407 e. The quantitative estimate of drug-likeness (QED) is 0.223. The number of hydrogen-bond acceptors (Lipinski definition) is 7. The molecule has 0 aromatic heterocycles. The topological polar surface area (TPSA) is 153 Å². The molecule has 0 heterocycles. The van der Waals surface area contributed by atoms with E-state index in [1.54, 1.807) is 50.2 Å². The second kappa shape index (κ2) is 14.6. The van der Waals surface area contributed by atoms with E-state index in [-0.39, 0.29) is 49.3 Å². The standard InChI is InChI=1S/C30H36N2O8S/c1-21(2)40-28-19-25(13-14-26(28)29(35)31-41(38,39)18-6-17-33)23-11-9-22(10-12-23)15-16-32(30(36)37)20-27(34)24-7-4-3-5-8-24/h3-5,7-14,19,21,27,33-34H,6,15-18,20H2,1-2H3,(H,31,35)(H,36,37)/t27-/m1/s1. The van der Waals surface area contributed by atoms with Crippen LogP contribution in [0.5, 0.6) is 5.75 Å². The van der Waals surface area contributed by atoms with Gasteiger partial charge in [0.25, 0.3) is 5.91 Å². The van der Waals surface area contributed by atoms with Crippen LogP contribution < -0.4 is 9.46 Å². The second-order valence-electron chi connectivity index (χ2n) is 9.81. The summed E-state index contributed by atoms with van der Waals surface area (Å²) in [5.41, 5.74) is 3.18. The van der Waals surface area contributed by atoms with Crippen LogP contribution in [-0.2, 0) is 16.4 Å². The molecule has 0 aliphatic heterocycles. The Bertz CT molecular complexity index is 1410. The molecule has 3 aromatic rings. The van der Waals surface area contributed by atoms with Crippen molar-refractivity contribution in [2.24, 2.45) is 0 Å². The number of aliphatic hydroxyl groups is 2. The van der Waals surface area contributed by atoms with Gasteiger partial charge >= 0.3 is 6.09 Å². The SMILES string of the molecule is CC(C)Oc1cc(-c2ccc(CCN(C[C@@H](O)c3ccccc3)C(=O)O)cc2)ccc1C(=O)NS(=O)(=O)CCCO. The molecule has 220 valence electrons. The Labute approximate surface area is 240 Å². The molecule has 10 nitrogen and oxygen atoms in total. The summed E-state index contributed by atoms with van der Waals surface area (Å²) in [5, 5.41) is 29.0. The lowest BCUT2D eigenvalue weighted by molar-refractivity contribution is 0.0970. The molecule has 0 bridgehead atoms. The highest BCUT2D eigenvalue weighted by atomic mass is 32.2. The molecule has 0 aliphatic carbocycles. The number of nitrogens with one attached hydrogen (secondary N) is 1. The van der Waals surface area contributed by atoms with E-state index in [2.05, 4.69) is 0 Å². The molecular weight excluding hydrogens is 548 g/mol. The lowest BCUT2D eigenvalue weighted by Crippen LogP contribution is -2.35. The third kappa shape index (κ3) is 9.59. The number of nitrogens with zero attached hydrogens (tertiary/aromatic N) is 1. The number of sulfonamides is 1. The van der Waals surface area contributed by atoms with Crippen LogP contribution >= 0.6 is 0 Å². The van der Waals surface area contributed by atoms with Crippen molar-refractivity contribution >= 4 is 22.0 Å². The summed E-state index contributed by atoms with van der Waals surface area (Å²) in [5.74, 6) is -0.968. The Hall–Kier alpha value is -3.93. The third-order valence-corrected chi connectivity index (χ3v) is 7.54. The molecule has 0 saturated heterocycles. The largest absolute Gasteiger partial charge is 0.490 e. The highest BCUT2D eigenvalue weighted by molar-refractivity contribution is 7.90. The first kappa shape index (κ1) is 31.6. The molecule has 0 unspecified atom stereocenters. The van der Waals surface area contributed by atoms with Gasteiger partial charge in [0.1, 0.15) is 5.75 Å². The molecule has 41 heavy (non-hydrogen) atoms. The van der Waals surface area contributed by atoms with Crippen molar-refractivity contribution in [2.75, 3.05) is 25.4 Å². The lowest BCUT2D eigenvalue weighted by Gasteiger charge is -2.22. The average molecular weight is 585 g/mol. The minimum Gasteiger partial charge on any atom is -0.490 e. The summed E-state index contributed by atoms with van der Waals surface area (Å²) in [6.07, 6.45) is -1.86. The predicted molar refractivity (Wildman–Crippen MR) is 155 cm³/mol. The molecule has 0 fully saturated rings. The normalized spacial score (nSPS) is 12.1. The molecule has 2 amide bonds. The summed E-state index contributed by atoms with van der Waals surface area (Å²) in [6.45, 7) is 3.44. The maximum atomic E-state index is 12.7. The first-order chi connectivity index (χ1) is 19.5. The highest BCUT2D eigenvalue weighted by Gasteiger charge is 2.21. The number of amides is 2. The molecule has 3 rings (SSSR count). The molecule has 3 aromatic carbocycles. The molecular formula is C30H36N2O8S. The smallest absolute Gasteiger partial charge is 0.407 e. The Morgan fingerprint density at radius 1 is 0.976 bits per heavy atom. The van der Waals surface area contributed by atoms with Crippen LogP contribution in [0.2, 0.25) is 0 Å². The van der Waals surface area contributed by atoms with Gasteiger partial charge in [0.2, 0.25) is 10.0 Å². The van der Waals surface area contributed by atoms with E-state index in [0.717, 1.165) is 16.7 Å². The van der Waals surface area contributed by atoms with Crippen molar-refractivity contribution in [3.05, 3.63) is 89.5 Å². The first-order valence-corrected chi connectivity index (χ1v) is 14.9. The fraction of sp³-hybridized carbons (Fsp3) is 0.333. The van der Waals surface area contributed by atoms with Crippen LogP contribution in [0, 0.1) is 0 Å². The number of carbonyl (C=O) groups excluding carboxylic acids is 1. The zero-order valence-corrected chi connectivity index (χ0v) is 23.9. The average Bonchev–Trinajstić information content (AvgIpc) is 2.94. The van der Waals surface area contributed by atoms with Crippen LogP contribution in [0.1, 0.15) is 47.9 Å². The van der Waals surface area contributed by atoms with Gasteiger partial charge in [0.15, 0.2) is 0 Å². The van der Waals surface area contributed by atoms with Crippen LogP contribution in [-0.4, -0.2) is 72.2 Å². The monoisotopic (exact) mass is 584 g/mol. The zero-order chi connectivity index (χ0) is 30.0. The highest BCUT2D eigenvalue weighted by Crippen LogP contribution is 2.29. The molecule has 0 aliphatic rings. The van der Waals surface area contributed by atoms with Crippen molar-refractivity contribution in [3.63, 3.8) is 0 Å². The summed E-state index contributed by atoms with van der Waals surface area (Å²) >= 11 is 0. The van der Waals surface area contributed by atoms with Crippen molar-refractivity contribution in [3.8, 4) is 16.9 Å². The Morgan fingerprint density at radius 2 is 1.63 bits per heavy atom. The number of benzene rings is 3. The van der Waals surface area contributed by atoms with E-state index in [0.29, 0.717) is 12.0 Å². The predicted octanol–water partition coefficient (Wildman–Crippen LogP) is 3.84. The van der Waals surface area contributed by atoms with E-state index in [9.17, 15) is 28.2 Å². The number of hydrogen-bond donors (Lipinski definition) is 4. The van der Waals surface area contributed by atoms with Gasteiger partial charge in [0.05, 0.1) is 30.1 Å². The zero-order valence-electron chi connectivity index (χ0n) is 23.1. The molecule has 0 saturated carbocycles. The van der Waals surface area contributed by atoms with Crippen LogP contribution in [0.15, 0.2) is 72.8 Å². The third-order valence-electron chi connectivity index (χ3n) is 6.21. The van der Waals surface area contributed by atoms with E-state index in [1.165, 1.54) is 11.0 Å². The van der Waals surface area contributed by atoms with Gasteiger partial charge in [-0.3, -0.25) is 4.79 Å². The molecule has 0 radical (unpaired) electrons.